The molecule has 0 spiro atoms. The second-order valence-corrected chi connectivity index (χ2v) is 5.83. The molecule has 1 heterocycles. The SMILES string of the molecule is CC1CN(C(=O)CCC(=O)O)CC(C)S1. The summed E-state index contributed by atoms with van der Waals surface area (Å²) in [6.07, 6.45) is 0.0602. The van der Waals surface area contributed by atoms with Crippen molar-refractivity contribution in [2.75, 3.05) is 13.1 Å². The summed E-state index contributed by atoms with van der Waals surface area (Å²) in [5.41, 5.74) is 0. The van der Waals surface area contributed by atoms with Gasteiger partial charge in [-0.15, -0.1) is 0 Å². The van der Waals surface area contributed by atoms with E-state index in [1.54, 1.807) is 4.90 Å². The maximum absolute atomic E-state index is 11.6. The molecule has 1 N–H and O–H groups in total. The highest BCUT2D eigenvalue weighted by Crippen LogP contribution is 2.25. The Bertz CT molecular complexity index is 247. The van der Waals surface area contributed by atoms with E-state index in [9.17, 15) is 9.59 Å². The van der Waals surface area contributed by atoms with Gasteiger partial charge in [0, 0.05) is 30.0 Å². The highest BCUT2D eigenvalue weighted by atomic mass is 32.2. The molecular formula is C10H17NO3S. The molecule has 15 heavy (non-hydrogen) atoms. The third kappa shape index (κ3) is 4.11. The van der Waals surface area contributed by atoms with Gasteiger partial charge in [0.15, 0.2) is 0 Å². The first-order valence-electron chi connectivity index (χ1n) is 5.14. The molecule has 1 saturated heterocycles. The van der Waals surface area contributed by atoms with E-state index in [0.717, 1.165) is 13.1 Å². The number of carboxylic acid groups (broad SMARTS) is 1. The van der Waals surface area contributed by atoms with E-state index in [1.165, 1.54) is 0 Å². The molecule has 86 valence electrons. The van der Waals surface area contributed by atoms with Crippen molar-refractivity contribution in [3.63, 3.8) is 0 Å². The summed E-state index contributed by atoms with van der Waals surface area (Å²) < 4.78 is 0. The Morgan fingerprint density at radius 3 is 2.27 bits per heavy atom. The van der Waals surface area contributed by atoms with E-state index >= 15 is 0 Å². The van der Waals surface area contributed by atoms with Crippen molar-refractivity contribution in [1.82, 2.24) is 4.90 Å². The predicted octanol–water partition coefficient (Wildman–Crippen LogP) is 1.20. The molecule has 4 nitrogen and oxygen atoms in total. The van der Waals surface area contributed by atoms with Crippen LogP contribution in [0.2, 0.25) is 0 Å². The minimum atomic E-state index is -0.907. The molecule has 1 aliphatic heterocycles. The lowest BCUT2D eigenvalue weighted by Crippen LogP contribution is -2.44. The van der Waals surface area contributed by atoms with E-state index in [2.05, 4.69) is 13.8 Å². The summed E-state index contributed by atoms with van der Waals surface area (Å²) in [7, 11) is 0. The van der Waals surface area contributed by atoms with Gasteiger partial charge in [0.25, 0.3) is 0 Å². The zero-order valence-corrected chi connectivity index (χ0v) is 9.92. The first-order valence-corrected chi connectivity index (χ1v) is 6.08. The topological polar surface area (TPSA) is 57.6 Å². The molecule has 0 radical (unpaired) electrons. The Labute approximate surface area is 94.0 Å². The fraction of sp³-hybridized carbons (Fsp3) is 0.800. The monoisotopic (exact) mass is 231 g/mol. The van der Waals surface area contributed by atoms with E-state index in [0.29, 0.717) is 10.5 Å². The van der Waals surface area contributed by atoms with Crippen LogP contribution in [0.4, 0.5) is 0 Å². The number of carboxylic acids is 1. The van der Waals surface area contributed by atoms with Crippen molar-refractivity contribution < 1.29 is 14.7 Å². The summed E-state index contributed by atoms with van der Waals surface area (Å²) in [4.78, 5) is 23.8. The summed E-state index contributed by atoms with van der Waals surface area (Å²) in [6.45, 7) is 5.68. The van der Waals surface area contributed by atoms with Gasteiger partial charge >= 0.3 is 5.97 Å². The van der Waals surface area contributed by atoms with E-state index in [1.807, 2.05) is 11.8 Å². The number of aliphatic carboxylic acids is 1. The largest absolute Gasteiger partial charge is 0.481 e. The Morgan fingerprint density at radius 2 is 1.80 bits per heavy atom. The molecule has 5 heteroatoms. The van der Waals surface area contributed by atoms with Crippen LogP contribution in [0.25, 0.3) is 0 Å². The Kier molecular flexibility index (Phi) is 4.45. The van der Waals surface area contributed by atoms with Crippen molar-refractivity contribution in [2.24, 2.45) is 0 Å². The zero-order valence-electron chi connectivity index (χ0n) is 9.10. The zero-order chi connectivity index (χ0) is 11.4. The maximum atomic E-state index is 11.6. The number of hydrogen-bond donors (Lipinski definition) is 1. The highest BCUT2D eigenvalue weighted by molar-refractivity contribution is 8.00. The van der Waals surface area contributed by atoms with Gasteiger partial charge in [-0.1, -0.05) is 13.8 Å². The Balaban J connectivity index is 2.41. The van der Waals surface area contributed by atoms with Crippen molar-refractivity contribution in [3.8, 4) is 0 Å². The molecule has 1 amide bonds. The molecule has 2 unspecified atom stereocenters. The smallest absolute Gasteiger partial charge is 0.303 e. The number of carbonyl (C=O) groups is 2. The number of hydrogen-bond acceptors (Lipinski definition) is 3. The van der Waals surface area contributed by atoms with Gasteiger partial charge in [0.1, 0.15) is 0 Å². The van der Waals surface area contributed by atoms with Crippen molar-refractivity contribution in [1.29, 1.82) is 0 Å². The van der Waals surface area contributed by atoms with Crippen LogP contribution in [0, 0.1) is 0 Å². The summed E-state index contributed by atoms with van der Waals surface area (Å²) in [6, 6.07) is 0. The summed E-state index contributed by atoms with van der Waals surface area (Å²) >= 11 is 1.88. The quantitative estimate of drug-likeness (QED) is 0.793. The van der Waals surface area contributed by atoms with Crippen LogP contribution in [0.1, 0.15) is 26.7 Å². The minimum absolute atomic E-state index is 0.0311. The molecule has 0 aromatic rings. The number of nitrogens with zero attached hydrogens (tertiary/aromatic N) is 1. The summed E-state index contributed by atoms with van der Waals surface area (Å²) in [5, 5.41) is 9.38. The molecule has 0 saturated carbocycles. The molecule has 1 fully saturated rings. The third-order valence-corrected chi connectivity index (χ3v) is 3.55. The normalized spacial score (nSPS) is 26.4. The lowest BCUT2D eigenvalue weighted by atomic mass is 10.2. The van der Waals surface area contributed by atoms with Gasteiger partial charge in [-0.25, -0.2) is 0 Å². The Morgan fingerprint density at radius 1 is 1.27 bits per heavy atom. The first kappa shape index (κ1) is 12.4. The second kappa shape index (κ2) is 5.39. The van der Waals surface area contributed by atoms with Crippen LogP contribution in [-0.4, -0.2) is 45.5 Å². The van der Waals surface area contributed by atoms with E-state index in [4.69, 9.17) is 5.11 Å². The van der Waals surface area contributed by atoms with Gasteiger partial charge < -0.3 is 10.0 Å². The molecular weight excluding hydrogens is 214 g/mol. The molecule has 1 rings (SSSR count). The number of rotatable bonds is 3. The molecule has 0 aliphatic carbocycles. The number of thioether (sulfide) groups is 1. The molecule has 2 atom stereocenters. The number of amides is 1. The average molecular weight is 231 g/mol. The van der Waals surface area contributed by atoms with Crippen LogP contribution >= 0.6 is 11.8 Å². The lowest BCUT2D eigenvalue weighted by Gasteiger charge is -2.34. The number of carbonyl (C=O) groups excluding carboxylic acids is 1. The minimum Gasteiger partial charge on any atom is -0.481 e. The highest BCUT2D eigenvalue weighted by Gasteiger charge is 2.25. The van der Waals surface area contributed by atoms with Crippen molar-refractivity contribution >= 4 is 23.6 Å². The van der Waals surface area contributed by atoms with Crippen LogP contribution < -0.4 is 0 Å². The molecule has 0 bridgehead atoms. The van der Waals surface area contributed by atoms with Crippen LogP contribution in [-0.2, 0) is 9.59 Å². The van der Waals surface area contributed by atoms with Gasteiger partial charge in [-0.2, -0.15) is 11.8 Å². The average Bonchev–Trinajstić information content (AvgIpc) is 2.12. The van der Waals surface area contributed by atoms with Crippen molar-refractivity contribution in [3.05, 3.63) is 0 Å². The predicted molar refractivity (Wildman–Crippen MR) is 60.0 cm³/mol. The van der Waals surface area contributed by atoms with Crippen LogP contribution in [0.15, 0.2) is 0 Å². The van der Waals surface area contributed by atoms with E-state index in [-0.39, 0.29) is 18.7 Å². The fourth-order valence-corrected chi connectivity index (χ4v) is 3.08. The standard InChI is InChI=1S/C10H17NO3S/c1-7-5-11(6-8(2)15-7)9(12)3-4-10(13)14/h7-8H,3-6H2,1-2H3,(H,13,14). The fourth-order valence-electron chi connectivity index (χ4n) is 1.75. The van der Waals surface area contributed by atoms with Crippen LogP contribution in [0.3, 0.4) is 0 Å². The third-order valence-electron chi connectivity index (χ3n) is 2.33. The second-order valence-electron chi connectivity index (χ2n) is 3.95. The molecule has 0 aromatic carbocycles. The molecule has 1 aliphatic rings. The lowest BCUT2D eigenvalue weighted by molar-refractivity contribution is -0.140. The van der Waals surface area contributed by atoms with Crippen LogP contribution in [0.5, 0.6) is 0 Å². The van der Waals surface area contributed by atoms with Gasteiger partial charge in [-0.3, -0.25) is 9.59 Å². The molecule has 0 aromatic heterocycles. The van der Waals surface area contributed by atoms with E-state index < -0.39 is 5.97 Å². The van der Waals surface area contributed by atoms with Gasteiger partial charge in [0.2, 0.25) is 5.91 Å². The van der Waals surface area contributed by atoms with Gasteiger partial charge in [-0.05, 0) is 0 Å². The Hall–Kier alpha value is -0.710. The van der Waals surface area contributed by atoms with Crippen molar-refractivity contribution in [2.45, 2.75) is 37.2 Å². The van der Waals surface area contributed by atoms with Gasteiger partial charge in [0.05, 0.1) is 6.42 Å². The first-order chi connectivity index (χ1) is 6.99. The maximum Gasteiger partial charge on any atom is 0.303 e. The summed E-state index contributed by atoms with van der Waals surface area (Å²) in [5.74, 6) is -0.938.